The van der Waals surface area contributed by atoms with Gasteiger partial charge in [-0.2, -0.15) is 4.79 Å². The second-order valence-electron chi connectivity index (χ2n) is 3.55. The van der Waals surface area contributed by atoms with Gasteiger partial charge in [-0.3, -0.25) is 0 Å². The van der Waals surface area contributed by atoms with E-state index in [1.807, 2.05) is 13.0 Å². The third-order valence-electron chi connectivity index (χ3n) is 1.77. The first-order valence-electron chi connectivity index (χ1n) is 4.80. The summed E-state index contributed by atoms with van der Waals surface area (Å²) in [6.45, 7) is 9.67. The van der Waals surface area contributed by atoms with Crippen LogP contribution in [-0.4, -0.2) is 12.6 Å². The van der Waals surface area contributed by atoms with Crippen LogP contribution in [0.2, 0.25) is 0 Å². The van der Waals surface area contributed by atoms with Crippen molar-refractivity contribution in [3.8, 4) is 0 Å². The number of rotatable bonds is 5. The van der Waals surface area contributed by atoms with Crippen LogP contribution in [0, 0.1) is 6.92 Å². The van der Waals surface area contributed by atoms with Gasteiger partial charge in [0, 0.05) is 0 Å². The number of hydrogen-bond acceptors (Lipinski definition) is 2. The van der Waals surface area contributed by atoms with E-state index in [4.69, 9.17) is 4.74 Å². The van der Waals surface area contributed by atoms with E-state index in [9.17, 15) is 4.79 Å². The first-order chi connectivity index (χ1) is 6.52. The molecule has 0 fully saturated rings. The fourth-order valence-corrected chi connectivity index (χ4v) is 0.967. The zero-order chi connectivity index (χ0) is 11.0. The summed E-state index contributed by atoms with van der Waals surface area (Å²) in [4.78, 5) is 10.4. The third-order valence-corrected chi connectivity index (χ3v) is 1.77. The monoisotopic (exact) mass is 195 g/mol. The molecular formula is C12H19O2+. The summed E-state index contributed by atoms with van der Waals surface area (Å²) in [5.74, 6) is -0.474. The molecule has 0 saturated carbocycles. The molecular weight excluding hydrogens is 176 g/mol. The summed E-state index contributed by atoms with van der Waals surface area (Å²) in [6, 6.07) is 0. The predicted octanol–water partition coefficient (Wildman–Crippen LogP) is 3.06. The molecule has 0 aromatic heterocycles. The van der Waals surface area contributed by atoms with Crippen molar-refractivity contribution in [2.75, 3.05) is 6.61 Å². The zero-order valence-corrected chi connectivity index (χ0v) is 9.30. The summed E-state index contributed by atoms with van der Waals surface area (Å²) in [6.07, 6.45) is 6.18. The normalized spacial score (nSPS) is 10.9. The smallest absolute Gasteiger partial charge is 0.426 e. The maximum Gasteiger partial charge on any atom is 0.493 e. The number of carbonyl (C=O) groups is 1. The lowest BCUT2D eigenvalue weighted by atomic mass is 10.1. The second-order valence-corrected chi connectivity index (χ2v) is 3.55. The van der Waals surface area contributed by atoms with Crippen LogP contribution in [0.5, 0.6) is 0 Å². The molecule has 0 amide bonds. The minimum atomic E-state index is -0.474. The number of hydrogen-bond donors (Lipinski definition) is 0. The van der Waals surface area contributed by atoms with Crippen molar-refractivity contribution in [2.45, 2.75) is 33.6 Å². The lowest BCUT2D eigenvalue weighted by Gasteiger charge is -1.98. The van der Waals surface area contributed by atoms with Crippen molar-refractivity contribution >= 4 is 5.97 Å². The van der Waals surface area contributed by atoms with Crippen molar-refractivity contribution in [1.29, 1.82) is 0 Å². The maximum atomic E-state index is 10.4. The van der Waals surface area contributed by atoms with Gasteiger partial charge < -0.3 is 4.74 Å². The molecule has 0 unspecified atom stereocenters. The molecule has 0 heterocycles. The minimum Gasteiger partial charge on any atom is -0.426 e. The Morgan fingerprint density at radius 3 is 2.43 bits per heavy atom. The molecule has 0 spiro atoms. The van der Waals surface area contributed by atoms with E-state index in [1.165, 1.54) is 11.1 Å². The Kier molecular flexibility index (Phi) is 6.63. The summed E-state index contributed by atoms with van der Waals surface area (Å²) in [7, 11) is 0. The molecule has 0 aliphatic heterocycles. The summed E-state index contributed by atoms with van der Waals surface area (Å²) in [5.41, 5.74) is 2.57. The lowest BCUT2D eigenvalue weighted by Crippen LogP contribution is -1.98. The van der Waals surface area contributed by atoms with Crippen molar-refractivity contribution in [3.63, 3.8) is 0 Å². The SMILES string of the molecule is [CH2+]C(=O)OC/C=C(\C)CCC=C(C)C. The Morgan fingerprint density at radius 2 is 1.93 bits per heavy atom. The fraction of sp³-hybridized carbons (Fsp3) is 0.500. The Morgan fingerprint density at radius 1 is 1.29 bits per heavy atom. The quantitative estimate of drug-likeness (QED) is 0.383. The van der Waals surface area contributed by atoms with E-state index in [0.29, 0.717) is 6.61 Å². The highest BCUT2D eigenvalue weighted by Crippen LogP contribution is 2.06. The largest absolute Gasteiger partial charge is 0.493 e. The van der Waals surface area contributed by atoms with Crippen LogP contribution in [0.25, 0.3) is 0 Å². The minimum absolute atomic E-state index is 0.336. The van der Waals surface area contributed by atoms with E-state index in [-0.39, 0.29) is 0 Å². The number of esters is 1. The van der Waals surface area contributed by atoms with Gasteiger partial charge in [0.15, 0.2) is 6.92 Å². The third kappa shape index (κ3) is 8.91. The van der Waals surface area contributed by atoms with Crippen molar-refractivity contribution in [2.24, 2.45) is 0 Å². The average molecular weight is 195 g/mol. The highest BCUT2D eigenvalue weighted by molar-refractivity contribution is 5.73. The van der Waals surface area contributed by atoms with Crippen LogP contribution in [0.1, 0.15) is 33.6 Å². The first-order valence-corrected chi connectivity index (χ1v) is 4.80. The molecule has 0 atom stereocenters. The Balaban J connectivity index is 3.67. The second kappa shape index (κ2) is 7.25. The van der Waals surface area contributed by atoms with Gasteiger partial charge in [-0.15, -0.1) is 0 Å². The number of ether oxygens (including phenoxy) is 1. The zero-order valence-electron chi connectivity index (χ0n) is 9.30. The topological polar surface area (TPSA) is 26.3 Å². The predicted molar refractivity (Wildman–Crippen MR) is 58.7 cm³/mol. The van der Waals surface area contributed by atoms with E-state index >= 15 is 0 Å². The van der Waals surface area contributed by atoms with E-state index < -0.39 is 5.97 Å². The Hall–Kier alpha value is -1.18. The molecule has 0 aromatic carbocycles. The number of allylic oxidation sites excluding steroid dienone is 3. The highest BCUT2D eigenvalue weighted by atomic mass is 16.5. The molecule has 0 rings (SSSR count). The molecule has 2 nitrogen and oxygen atoms in total. The van der Waals surface area contributed by atoms with Crippen molar-refractivity contribution < 1.29 is 9.53 Å². The van der Waals surface area contributed by atoms with Gasteiger partial charge in [-0.1, -0.05) is 17.2 Å². The van der Waals surface area contributed by atoms with Crippen LogP contribution in [-0.2, 0) is 9.53 Å². The molecule has 0 aromatic rings. The number of carbonyl (C=O) groups excluding carboxylic acids is 1. The van der Waals surface area contributed by atoms with Gasteiger partial charge in [0.2, 0.25) is 0 Å². The first kappa shape index (κ1) is 12.8. The molecule has 0 aliphatic carbocycles. The highest BCUT2D eigenvalue weighted by Gasteiger charge is 1.97. The standard InChI is InChI=1S/C12H19O2/c1-10(2)6-5-7-11(3)8-9-14-12(4)13/h6,8H,4-5,7,9H2,1-3H3/q+1/b11-8+. The average Bonchev–Trinajstić information content (AvgIpc) is 2.02. The molecule has 0 radical (unpaired) electrons. The molecule has 0 aliphatic rings. The van der Waals surface area contributed by atoms with Gasteiger partial charge in [-0.05, 0) is 39.7 Å². The Bertz CT molecular complexity index is 233. The summed E-state index contributed by atoms with van der Waals surface area (Å²) in [5, 5.41) is 0. The molecule has 0 saturated heterocycles. The molecule has 14 heavy (non-hydrogen) atoms. The van der Waals surface area contributed by atoms with Gasteiger partial charge in [0.25, 0.3) is 0 Å². The van der Waals surface area contributed by atoms with Crippen LogP contribution < -0.4 is 0 Å². The van der Waals surface area contributed by atoms with Crippen molar-refractivity contribution in [1.82, 2.24) is 0 Å². The van der Waals surface area contributed by atoms with Crippen LogP contribution in [0.3, 0.4) is 0 Å². The van der Waals surface area contributed by atoms with Gasteiger partial charge in [0.05, 0.1) is 0 Å². The van der Waals surface area contributed by atoms with Crippen LogP contribution in [0.15, 0.2) is 23.3 Å². The maximum absolute atomic E-state index is 10.4. The lowest BCUT2D eigenvalue weighted by molar-refractivity contribution is -0.136. The van der Waals surface area contributed by atoms with E-state index in [2.05, 4.69) is 26.8 Å². The summed E-state index contributed by atoms with van der Waals surface area (Å²) < 4.78 is 4.70. The van der Waals surface area contributed by atoms with Crippen molar-refractivity contribution in [3.05, 3.63) is 30.2 Å². The van der Waals surface area contributed by atoms with E-state index in [0.717, 1.165) is 12.8 Å². The fourth-order valence-electron chi connectivity index (χ4n) is 0.967. The molecule has 2 heteroatoms. The van der Waals surface area contributed by atoms with Crippen LogP contribution >= 0.6 is 0 Å². The summed E-state index contributed by atoms with van der Waals surface area (Å²) >= 11 is 0. The molecule has 78 valence electrons. The Labute approximate surface area is 86.6 Å². The van der Waals surface area contributed by atoms with Gasteiger partial charge in [0.1, 0.15) is 6.61 Å². The van der Waals surface area contributed by atoms with Gasteiger partial charge >= 0.3 is 5.97 Å². The van der Waals surface area contributed by atoms with Crippen LogP contribution in [0.4, 0.5) is 0 Å². The molecule has 0 bridgehead atoms. The van der Waals surface area contributed by atoms with E-state index in [1.54, 1.807) is 0 Å². The van der Waals surface area contributed by atoms with Gasteiger partial charge in [-0.25, -0.2) is 0 Å². The molecule has 0 N–H and O–H groups in total.